The Labute approximate surface area is 120 Å². The van der Waals surface area contributed by atoms with Crippen molar-refractivity contribution in [1.29, 1.82) is 0 Å². The summed E-state index contributed by atoms with van der Waals surface area (Å²) in [6.07, 6.45) is 10.1. The van der Waals surface area contributed by atoms with Gasteiger partial charge in [-0.15, -0.1) is 0 Å². The van der Waals surface area contributed by atoms with Crippen LogP contribution >= 0.6 is 0 Å². The van der Waals surface area contributed by atoms with Crippen molar-refractivity contribution in [2.75, 3.05) is 5.75 Å². The van der Waals surface area contributed by atoms with Crippen molar-refractivity contribution in [2.45, 2.75) is 50.7 Å². The zero-order valence-electron chi connectivity index (χ0n) is 11.5. The number of hydrogen-bond donors (Lipinski definition) is 1. The first-order valence-corrected chi connectivity index (χ1v) is 9.02. The molecule has 1 fully saturated rings. The monoisotopic (exact) mass is 295 g/mol. The summed E-state index contributed by atoms with van der Waals surface area (Å²) in [5.41, 5.74) is 0.980. The van der Waals surface area contributed by atoms with Gasteiger partial charge in [-0.1, -0.05) is 25.3 Å². The molecule has 1 atom stereocenters. The number of hydrogen-bond acceptors (Lipinski definition) is 4. The van der Waals surface area contributed by atoms with Crippen molar-refractivity contribution < 1.29 is 8.42 Å². The topological polar surface area (TPSA) is 64.0 Å². The molecule has 0 aromatic carbocycles. The molecule has 2 aliphatic rings. The van der Waals surface area contributed by atoms with Crippen molar-refractivity contribution in [3.8, 4) is 0 Å². The predicted molar refractivity (Wildman–Crippen MR) is 77.9 cm³/mol. The van der Waals surface area contributed by atoms with Gasteiger partial charge < -0.3 is 5.32 Å². The lowest BCUT2D eigenvalue weighted by atomic mass is 9.96. The molecule has 1 aliphatic heterocycles. The maximum atomic E-state index is 11.3. The minimum Gasteiger partial charge on any atom is -0.304 e. The minimum absolute atomic E-state index is 0.0835. The summed E-state index contributed by atoms with van der Waals surface area (Å²) >= 11 is 0. The van der Waals surface area contributed by atoms with Gasteiger partial charge in [-0.2, -0.15) is 5.10 Å². The van der Waals surface area contributed by atoms with Crippen LogP contribution in [0.3, 0.4) is 0 Å². The third-order valence-corrected chi connectivity index (χ3v) is 5.48. The van der Waals surface area contributed by atoms with E-state index in [4.69, 9.17) is 0 Å². The fraction of sp³-hybridized carbons (Fsp3) is 0.643. The average Bonchev–Trinajstić information content (AvgIpc) is 3.04. The third-order valence-electron chi connectivity index (χ3n) is 4.09. The first-order valence-electron chi connectivity index (χ1n) is 7.31. The Balaban J connectivity index is 1.54. The Kier molecular flexibility index (Phi) is 3.94. The summed E-state index contributed by atoms with van der Waals surface area (Å²) in [5, 5.41) is 9.14. The van der Waals surface area contributed by atoms with Gasteiger partial charge in [0, 0.05) is 24.2 Å². The summed E-state index contributed by atoms with van der Waals surface area (Å²) in [4.78, 5) is 0. The SMILES string of the molecule is O=S1(=O)C=CC(NCc2ccn(C3CCCCC3)n2)C1. The van der Waals surface area contributed by atoms with E-state index in [0.717, 1.165) is 5.69 Å². The molecule has 0 amide bonds. The molecule has 0 spiro atoms. The smallest absolute Gasteiger partial charge is 0.173 e. The van der Waals surface area contributed by atoms with E-state index < -0.39 is 9.84 Å². The molecule has 0 radical (unpaired) electrons. The molecule has 1 unspecified atom stereocenters. The van der Waals surface area contributed by atoms with E-state index in [2.05, 4.69) is 15.1 Å². The lowest BCUT2D eigenvalue weighted by Crippen LogP contribution is -2.29. The van der Waals surface area contributed by atoms with E-state index >= 15 is 0 Å². The first-order chi connectivity index (χ1) is 9.62. The van der Waals surface area contributed by atoms with E-state index in [9.17, 15) is 8.42 Å². The highest BCUT2D eigenvalue weighted by molar-refractivity contribution is 7.94. The van der Waals surface area contributed by atoms with Crippen LogP contribution in [-0.4, -0.2) is 30.0 Å². The molecule has 6 heteroatoms. The van der Waals surface area contributed by atoms with Gasteiger partial charge in [0.2, 0.25) is 0 Å². The lowest BCUT2D eigenvalue weighted by molar-refractivity contribution is 0.327. The number of sulfone groups is 1. The largest absolute Gasteiger partial charge is 0.304 e. The van der Waals surface area contributed by atoms with Gasteiger partial charge in [0.15, 0.2) is 9.84 Å². The summed E-state index contributed by atoms with van der Waals surface area (Å²) in [5.74, 6) is 0.163. The van der Waals surface area contributed by atoms with Gasteiger partial charge in [0.05, 0.1) is 17.5 Å². The molecule has 0 bridgehead atoms. The average molecular weight is 295 g/mol. The van der Waals surface area contributed by atoms with E-state index in [1.165, 1.54) is 37.5 Å². The van der Waals surface area contributed by atoms with Gasteiger partial charge in [-0.05, 0) is 18.9 Å². The molecule has 1 saturated carbocycles. The minimum atomic E-state index is -2.98. The van der Waals surface area contributed by atoms with Crippen LogP contribution < -0.4 is 5.32 Å². The molecule has 1 N–H and O–H groups in total. The van der Waals surface area contributed by atoms with Crippen LogP contribution in [0.15, 0.2) is 23.7 Å². The summed E-state index contributed by atoms with van der Waals surface area (Å²) in [7, 11) is -2.98. The zero-order valence-corrected chi connectivity index (χ0v) is 12.3. The Morgan fingerprint density at radius 2 is 2.10 bits per heavy atom. The maximum Gasteiger partial charge on any atom is 0.173 e. The number of aromatic nitrogens is 2. The summed E-state index contributed by atoms with van der Waals surface area (Å²) in [6, 6.07) is 2.48. The van der Waals surface area contributed by atoms with E-state index in [-0.39, 0.29) is 11.8 Å². The molecule has 1 aromatic heterocycles. The van der Waals surface area contributed by atoms with Crippen molar-refractivity contribution in [3.63, 3.8) is 0 Å². The third kappa shape index (κ3) is 3.30. The Hall–Kier alpha value is -1.14. The van der Waals surface area contributed by atoms with Crippen molar-refractivity contribution in [1.82, 2.24) is 15.1 Å². The highest BCUT2D eigenvalue weighted by atomic mass is 32.2. The normalized spacial score (nSPS) is 26.1. The first kappa shape index (κ1) is 13.8. The number of nitrogens with one attached hydrogen (secondary N) is 1. The van der Waals surface area contributed by atoms with Gasteiger partial charge in [-0.25, -0.2) is 8.42 Å². The zero-order chi connectivity index (χ0) is 14.0. The van der Waals surface area contributed by atoms with Gasteiger partial charge >= 0.3 is 0 Å². The summed E-state index contributed by atoms with van der Waals surface area (Å²) < 4.78 is 24.7. The molecule has 110 valence electrons. The maximum absolute atomic E-state index is 11.3. The molecule has 20 heavy (non-hydrogen) atoms. The molecular weight excluding hydrogens is 274 g/mol. The van der Waals surface area contributed by atoms with Crippen molar-refractivity contribution in [2.24, 2.45) is 0 Å². The quantitative estimate of drug-likeness (QED) is 0.920. The van der Waals surface area contributed by atoms with Crippen molar-refractivity contribution in [3.05, 3.63) is 29.4 Å². The Bertz CT molecular complexity index is 585. The van der Waals surface area contributed by atoms with Crippen molar-refractivity contribution >= 4 is 9.84 Å². The fourth-order valence-electron chi connectivity index (χ4n) is 2.96. The second-order valence-electron chi connectivity index (χ2n) is 5.72. The molecule has 5 nitrogen and oxygen atoms in total. The standard InChI is InChI=1S/C14H21N3O2S/c18-20(19)9-7-13(11-20)15-10-12-6-8-17(16-12)14-4-2-1-3-5-14/h6-9,13-15H,1-5,10-11H2. The van der Waals surface area contributed by atoms with Crippen LogP contribution in [0.2, 0.25) is 0 Å². The van der Waals surface area contributed by atoms with E-state index in [1.54, 1.807) is 6.08 Å². The van der Waals surface area contributed by atoms with E-state index in [1.807, 2.05) is 12.3 Å². The van der Waals surface area contributed by atoms with Crippen LogP contribution in [0.1, 0.15) is 43.8 Å². The molecule has 3 rings (SSSR count). The summed E-state index contributed by atoms with van der Waals surface area (Å²) in [6.45, 7) is 0.615. The van der Waals surface area contributed by atoms with Gasteiger partial charge in [-0.3, -0.25) is 4.68 Å². The molecule has 1 aliphatic carbocycles. The predicted octanol–water partition coefficient (Wildman–Crippen LogP) is 1.79. The highest BCUT2D eigenvalue weighted by Gasteiger charge is 2.21. The van der Waals surface area contributed by atoms with Gasteiger partial charge in [0.25, 0.3) is 0 Å². The van der Waals surface area contributed by atoms with Crippen LogP contribution in [0.25, 0.3) is 0 Å². The Morgan fingerprint density at radius 1 is 1.30 bits per heavy atom. The molecule has 2 heterocycles. The second-order valence-corrected chi connectivity index (χ2v) is 7.66. The highest BCUT2D eigenvalue weighted by Crippen LogP contribution is 2.27. The Morgan fingerprint density at radius 3 is 2.80 bits per heavy atom. The fourth-order valence-corrected chi connectivity index (χ4v) is 4.23. The molecule has 0 saturated heterocycles. The van der Waals surface area contributed by atoms with E-state index in [0.29, 0.717) is 12.6 Å². The van der Waals surface area contributed by atoms with Crippen LogP contribution in [-0.2, 0) is 16.4 Å². The molecule has 1 aromatic rings. The van der Waals surface area contributed by atoms with Gasteiger partial charge in [0.1, 0.15) is 0 Å². The number of nitrogens with zero attached hydrogens (tertiary/aromatic N) is 2. The lowest BCUT2D eigenvalue weighted by Gasteiger charge is -2.21. The molecular formula is C14H21N3O2S. The van der Waals surface area contributed by atoms with Crippen LogP contribution in [0.4, 0.5) is 0 Å². The van der Waals surface area contributed by atoms with Crippen LogP contribution in [0.5, 0.6) is 0 Å². The number of rotatable bonds is 4. The van der Waals surface area contributed by atoms with Crippen LogP contribution in [0, 0.1) is 0 Å². The second kappa shape index (κ2) is 5.69.